The molecule has 2 N–H and O–H groups in total. The van der Waals surface area contributed by atoms with E-state index in [4.69, 9.17) is 32.4 Å². The van der Waals surface area contributed by atoms with Crippen molar-refractivity contribution in [1.29, 1.82) is 0 Å². The van der Waals surface area contributed by atoms with E-state index in [0.29, 0.717) is 37.4 Å². The molecule has 11 heteroatoms. The van der Waals surface area contributed by atoms with E-state index in [-0.39, 0.29) is 15.8 Å². The predicted octanol–water partition coefficient (Wildman–Crippen LogP) is 6.66. The zero-order chi connectivity index (χ0) is 24.0. The van der Waals surface area contributed by atoms with Crippen LogP contribution < -0.4 is 9.74 Å². The number of H-pyrrole nitrogens is 1. The molecule has 0 unspecified atom stereocenters. The van der Waals surface area contributed by atoms with Crippen LogP contribution in [0.2, 0.25) is 28.2 Å². The summed E-state index contributed by atoms with van der Waals surface area (Å²) in [4.78, 5) is 32.4. The van der Waals surface area contributed by atoms with Crippen LogP contribution in [0.15, 0.2) is 12.1 Å². The highest BCUT2D eigenvalue weighted by atomic mass is 35.5. The van der Waals surface area contributed by atoms with Crippen molar-refractivity contribution in [1.82, 2.24) is 9.97 Å². The first-order valence-corrected chi connectivity index (χ1v) is 14.3. The number of thiazole rings is 1. The molecular weight excluding hydrogens is 489 g/mol. The van der Waals surface area contributed by atoms with E-state index >= 15 is 0 Å². The Hall–Kier alpha value is -2.07. The summed E-state index contributed by atoms with van der Waals surface area (Å²) < 4.78 is 12.1. The smallest absolute Gasteiger partial charge is 0.338 e. The Balaban J connectivity index is 2.04. The van der Waals surface area contributed by atoms with Crippen LogP contribution in [-0.2, 0) is 4.74 Å². The number of esters is 1. The molecule has 1 aromatic carbocycles. The van der Waals surface area contributed by atoms with Gasteiger partial charge in [0.15, 0.2) is 5.13 Å². The van der Waals surface area contributed by atoms with Crippen molar-refractivity contribution >= 4 is 70.1 Å². The fraction of sp³-hybridized carbons (Fsp3) is 0.381. The first kappa shape index (κ1) is 24.6. The Morgan fingerprint density at radius 3 is 2.38 bits per heavy atom. The van der Waals surface area contributed by atoms with Crippen LogP contribution in [0.25, 0.3) is 10.2 Å². The minimum absolute atomic E-state index is 0.0604. The van der Waals surface area contributed by atoms with Gasteiger partial charge in [0.05, 0.1) is 27.4 Å². The normalized spacial score (nSPS) is 12.2. The van der Waals surface area contributed by atoms with Crippen LogP contribution in [0.5, 0.6) is 5.75 Å². The number of amides is 1. The summed E-state index contributed by atoms with van der Waals surface area (Å²) in [5.41, 5.74) is 1.67. The van der Waals surface area contributed by atoms with E-state index in [0.717, 1.165) is 0 Å². The topological polar surface area (TPSA) is 93.3 Å². The van der Waals surface area contributed by atoms with Gasteiger partial charge in [0, 0.05) is 5.69 Å². The van der Waals surface area contributed by atoms with Crippen molar-refractivity contribution in [3.63, 3.8) is 0 Å². The molecule has 3 rings (SSSR count). The van der Waals surface area contributed by atoms with Crippen LogP contribution in [0.3, 0.4) is 0 Å². The predicted molar refractivity (Wildman–Crippen MR) is 132 cm³/mol. The number of fused-ring (bicyclic) bond motifs is 1. The largest absolute Gasteiger partial charge is 0.542 e. The quantitative estimate of drug-likeness (QED) is 0.293. The standard InChI is InChI=1S/C21H25Cl2N3O4SSi/c1-10-14(22)15(23)17(24-10)18(27)26-20-25-16-12(30-32(6,7)21(2,3)4)8-11(19(28)29-5)9-13(16)31-20/h8-9,24H,1-7H3,(H,25,26,27). The molecular formula is C21H25Cl2N3O4SSi. The van der Waals surface area contributed by atoms with Crippen LogP contribution in [0, 0.1) is 6.92 Å². The Morgan fingerprint density at radius 2 is 1.84 bits per heavy atom. The summed E-state index contributed by atoms with van der Waals surface area (Å²) in [5.74, 6) is -0.457. The van der Waals surface area contributed by atoms with Gasteiger partial charge in [0.25, 0.3) is 14.2 Å². The molecule has 0 radical (unpaired) electrons. The number of halogens is 2. The van der Waals surface area contributed by atoms with Crippen molar-refractivity contribution in [3.05, 3.63) is 39.1 Å². The molecule has 1 amide bonds. The van der Waals surface area contributed by atoms with Gasteiger partial charge in [-0.3, -0.25) is 10.1 Å². The molecule has 0 atom stereocenters. The SMILES string of the molecule is COC(=O)c1cc(O[Si](C)(C)C(C)(C)C)c2nc(NC(=O)c3[nH]c(C)c(Cl)c3Cl)sc2c1. The van der Waals surface area contributed by atoms with Gasteiger partial charge in [-0.1, -0.05) is 55.3 Å². The van der Waals surface area contributed by atoms with E-state index < -0.39 is 20.2 Å². The number of hydrogen-bond donors (Lipinski definition) is 2. The Labute approximate surface area is 201 Å². The number of anilines is 1. The number of hydrogen-bond acceptors (Lipinski definition) is 6. The molecule has 7 nitrogen and oxygen atoms in total. The molecule has 3 aromatic rings. The third-order valence-corrected chi connectivity index (χ3v) is 11.8. The molecule has 0 aliphatic carbocycles. The summed E-state index contributed by atoms with van der Waals surface area (Å²) in [7, 11) is -0.903. The Kier molecular flexibility index (Phi) is 6.68. The fourth-order valence-electron chi connectivity index (χ4n) is 2.68. The average molecular weight is 515 g/mol. The van der Waals surface area contributed by atoms with Gasteiger partial charge >= 0.3 is 5.97 Å². The number of methoxy groups -OCH3 is 1. The lowest BCUT2D eigenvalue weighted by atomic mass is 10.2. The molecule has 2 heterocycles. The second-order valence-corrected chi connectivity index (χ2v) is 15.4. The number of carbonyl (C=O) groups excluding carboxylic acids is 2. The number of nitrogens with one attached hydrogen (secondary N) is 2. The summed E-state index contributed by atoms with van der Waals surface area (Å²) in [6.07, 6.45) is 0. The number of rotatable bonds is 5. The van der Waals surface area contributed by atoms with Gasteiger partial charge in [-0.15, -0.1) is 0 Å². The molecule has 0 spiro atoms. The second-order valence-electron chi connectivity index (χ2n) is 8.90. The van der Waals surface area contributed by atoms with Crippen LogP contribution in [0.1, 0.15) is 47.3 Å². The van der Waals surface area contributed by atoms with Crippen LogP contribution in [-0.4, -0.2) is 37.3 Å². The van der Waals surface area contributed by atoms with Gasteiger partial charge in [-0.25, -0.2) is 9.78 Å². The molecule has 2 aromatic heterocycles. The van der Waals surface area contributed by atoms with Gasteiger partial charge in [-0.05, 0) is 37.2 Å². The number of benzene rings is 1. The number of aryl methyl sites for hydroxylation is 1. The lowest BCUT2D eigenvalue weighted by Crippen LogP contribution is -2.43. The van der Waals surface area contributed by atoms with E-state index in [1.165, 1.54) is 18.4 Å². The fourth-order valence-corrected chi connectivity index (χ4v) is 5.03. The average Bonchev–Trinajstić information content (AvgIpc) is 3.21. The van der Waals surface area contributed by atoms with Crippen molar-refractivity contribution in [3.8, 4) is 5.75 Å². The summed E-state index contributed by atoms with van der Waals surface area (Å²) in [6, 6.07) is 3.32. The van der Waals surface area contributed by atoms with E-state index in [2.05, 4.69) is 49.1 Å². The number of aromatic amines is 1. The summed E-state index contributed by atoms with van der Waals surface area (Å²) >= 11 is 13.5. The highest BCUT2D eigenvalue weighted by Crippen LogP contribution is 2.41. The summed E-state index contributed by atoms with van der Waals surface area (Å²) in [5, 5.41) is 3.48. The molecule has 32 heavy (non-hydrogen) atoms. The highest BCUT2D eigenvalue weighted by molar-refractivity contribution is 7.22. The van der Waals surface area contributed by atoms with Gasteiger partial charge < -0.3 is 14.1 Å². The van der Waals surface area contributed by atoms with E-state index in [1.807, 2.05) is 0 Å². The van der Waals surface area contributed by atoms with Crippen molar-refractivity contribution in [2.24, 2.45) is 0 Å². The third-order valence-electron chi connectivity index (χ3n) is 5.55. The monoisotopic (exact) mass is 513 g/mol. The minimum Gasteiger partial charge on any atom is -0.542 e. The molecule has 0 bridgehead atoms. The maximum Gasteiger partial charge on any atom is 0.338 e. The van der Waals surface area contributed by atoms with Crippen molar-refractivity contribution in [2.75, 3.05) is 12.4 Å². The van der Waals surface area contributed by atoms with E-state index in [1.54, 1.807) is 19.1 Å². The lowest BCUT2D eigenvalue weighted by molar-refractivity contribution is 0.0600. The zero-order valence-electron chi connectivity index (χ0n) is 18.9. The lowest BCUT2D eigenvalue weighted by Gasteiger charge is -2.36. The number of ether oxygens (including phenoxy) is 1. The van der Waals surface area contributed by atoms with Gasteiger partial charge in [0.2, 0.25) is 0 Å². The number of nitrogens with zero attached hydrogens (tertiary/aromatic N) is 1. The first-order chi connectivity index (χ1) is 14.7. The maximum atomic E-state index is 12.7. The van der Waals surface area contributed by atoms with Crippen LogP contribution in [0.4, 0.5) is 5.13 Å². The molecule has 0 saturated carbocycles. The molecule has 0 aliphatic rings. The van der Waals surface area contributed by atoms with Gasteiger partial charge in [0.1, 0.15) is 17.0 Å². The number of carbonyl (C=O) groups is 2. The van der Waals surface area contributed by atoms with E-state index in [9.17, 15) is 9.59 Å². The minimum atomic E-state index is -2.23. The zero-order valence-corrected chi connectivity index (χ0v) is 22.2. The van der Waals surface area contributed by atoms with Gasteiger partial charge in [-0.2, -0.15) is 0 Å². The van der Waals surface area contributed by atoms with Crippen molar-refractivity contribution in [2.45, 2.75) is 45.8 Å². The van der Waals surface area contributed by atoms with Crippen molar-refractivity contribution < 1.29 is 18.8 Å². The summed E-state index contributed by atoms with van der Waals surface area (Å²) in [6.45, 7) is 12.3. The molecule has 0 aliphatic heterocycles. The molecule has 172 valence electrons. The number of aromatic nitrogens is 2. The molecule has 0 fully saturated rings. The maximum absolute atomic E-state index is 12.7. The highest BCUT2D eigenvalue weighted by Gasteiger charge is 2.39. The Morgan fingerprint density at radius 1 is 1.19 bits per heavy atom. The second kappa shape index (κ2) is 8.70. The third kappa shape index (κ3) is 4.66. The molecule has 0 saturated heterocycles. The first-order valence-electron chi connectivity index (χ1n) is 9.82. The Bertz CT molecular complexity index is 1210. The van der Waals surface area contributed by atoms with Crippen LogP contribution >= 0.6 is 34.5 Å².